The predicted molar refractivity (Wildman–Crippen MR) is 116 cm³/mol. The minimum atomic E-state index is -0.203. The highest BCUT2D eigenvalue weighted by molar-refractivity contribution is 6.02. The van der Waals surface area contributed by atoms with Crippen LogP contribution in [0, 0.1) is 5.92 Å². The molecule has 4 rings (SSSR count). The van der Waals surface area contributed by atoms with Crippen molar-refractivity contribution in [2.75, 3.05) is 56.6 Å². The topological polar surface area (TPSA) is 47.1 Å². The van der Waals surface area contributed by atoms with Gasteiger partial charge in [-0.25, -0.2) is 0 Å². The van der Waals surface area contributed by atoms with Crippen LogP contribution in [0.1, 0.15) is 38.5 Å². The fourth-order valence-electron chi connectivity index (χ4n) is 5.07. The van der Waals surface area contributed by atoms with Gasteiger partial charge in [-0.3, -0.25) is 9.59 Å². The number of carbonyl (C=O) groups is 2. The van der Waals surface area contributed by atoms with Crippen molar-refractivity contribution >= 4 is 23.2 Å². The van der Waals surface area contributed by atoms with Gasteiger partial charge in [-0.2, -0.15) is 0 Å². The lowest BCUT2D eigenvalue weighted by Crippen LogP contribution is -2.48. The first-order valence-corrected chi connectivity index (χ1v) is 11.1. The number of hydrogen-bond donors (Lipinski definition) is 0. The zero-order valence-corrected chi connectivity index (χ0v) is 17.8. The number of likely N-dealkylation sites (tertiary alicyclic amines) is 1. The van der Waals surface area contributed by atoms with Gasteiger partial charge in [0.15, 0.2) is 0 Å². The fourth-order valence-corrected chi connectivity index (χ4v) is 5.07. The summed E-state index contributed by atoms with van der Waals surface area (Å²) in [6.07, 6.45) is 6.25. The maximum atomic E-state index is 13.4. The molecule has 1 saturated carbocycles. The van der Waals surface area contributed by atoms with Crippen molar-refractivity contribution in [1.29, 1.82) is 0 Å². The molecule has 0 aromatic heterocycles. The van der Waals surface area contributed by atoms with E-state index in [1.165, 1.54) is 19.3 Å². The SMILES string of the molecule is CN(C)CCN1CCN(C(=O)C2CC(=O)N(C3CCCCC3)C2)c2ccccc21. The summed E-state index contributed by atoms with van der Waals surface area (Å²) in [6, 6.07) is 8.55. The summed E-state index contributed by atoms with van der Waals surface area (Å²) in [7, 11) is 4.17. The molecule has 1 atom stereocenters. The fraction of sp³-hybridized carbons (Fsp3) is 0.652. The van der Waals surface area contributed by atoms with Crippen LogP contribution in [0.5, 0.6) is 0 Å². The Bertz CT molecular complexity index is 744. The van der Waals surface area contributed by atoms with Gasteiger partial charge in [0.05, 0.1) is 17.3 Å². The summed E-state index contributed by atoms with van der Waals surface area (Å²) >= 11 is 0. The standard InChI is InChI=1S/C23H34N4O2/c1-24(2)12-13-25-14-15-26(21-11-7-6-10-20(21)25)23(29)18-16-22(28)27(17-18)19-8-4-3-5-9-19/h6-7,10-11,18-19H,3-5,8-9,12-17H2,1-2H3. The van der Waals surface area contributed by atoms with Crippen molar-refractivity contribution in [3.8, 4) is 0 Å². The van der Waals surface area contributed by atoms with E-state index in [1.54, 1.807) is 0 Å². The Morgan fingerprint density at radius 1 is 1.07 bits per heavy atom. The molecule has 29 heavy (non-hydrogen) atoms. The van der Waals surface area contributed by atoms with Crippen molar-refractivity contribution in [3.05, 3.63) is 24.3 Å². The lowest BCUT2D eigenvalue weighted by molar-refractivity contribution is -0.130. The third kappa shape index (κ3) is 4.27. The normalized spacial score (nSPS) is 23.1. The molecule has 2 heterocycles. The molecule has 2 aliphatic heterocycles. The summed E-state index contributed by atoms with van der Waals surface area (Å²) in [4.78, 5) is 34.6. The molecule has 6 nitrogen and oxygen atoms in total. The smallest absolute Gasteiger partial charge is 0.232 e. The summed E-state index contributed by atoms with van der Waals surface area (Å²) in [5, 5.41) is 0. The van der Waals surface area contributed by atoms with E-state index in [4.69, 9.17) is 0 Å². The minimum Gasteiger partial charge on any atom is -0.367 e. The third-order valence-corrected chi connectivity index (χ3v) is 6.71. The van der Waals surface area contributed by atoms with E-state index < -0.39 is 0 Å². The second kappa shape index (κ2) is 8.74. The molecule has 2 fully saturated rings. The van der Waals surface area contributed by atoms with Gasteiger partial charge in [-0.1, -0.05) is 31.4 Å². The molecule has 1 aromatic rings. The van der Waals surface area contributed by atoms with Gasteiger partial charge in [-0.05, 0) is 39.1 Å². The number of anilines is 2. The molecule has 1 unspecified atom stereocenters. The molecule has 1 aromatic carbocycles. The molecule has 158 valence electrons. The molecular formula is C23H34N4O2. The van der Waals surface area contributed by atoms with Crippen molar-refractivity contribution in [2.45, 2.75) is 44.6 Å². The summed E-state index contributed by atoms with van der Waals surface area (Å²) < 4.78 is 0. The molecular weight excluding hydrogens is 364 g/mol. The first kappa shape index (κ1) is 20.2. The highest BCUT2D eigenvalue weighted by atomic mass is 16.2. The van der Waals surface area contributed by atoms with Gasteiger partial charge >= 0.3 is 0 Å². The largest absolute Gasteiger partial charge is 0.367 e. The van der Waals surface area contributed by atoms with Crippen LogP contribution in [0.25, 0.3) is 0 Å². The van der Waals surface area contributed by atoms with Gasteiger partial charge in [-0.15, -0.1) is 0 Å². The molecule has 0 radical (unpaired) electrons. The lowest BCUT2D eigenvalue weighted by atomic mass is 9.94. The summed E-state index contributed by atoms with van der Waals surface area (Å²) in [5.74, 6) is 0.0929. The Balaban J connectivity index is 1.47. The molecule has 0 N–H and O–H groups in total. The number of fused-ring (bicyclic) bond motifs is 1. The van der Waals surface area contributed by atoms with Gasteiger partial charge < -0.3 is 19.6 Å². The van der Waals surface area contributed by atoms with E-state index in [9.17, 15) is 9.59 Å². The summed E-state index contributed by atoms with van der Waals surface area (Å²) in [5.41, 5.74) is 2.12. The van der Waals surface area contributed by atoms with Crippen LogP contribution in [0.4, 0.5) is 11.4 Å². The van der Waals surface area contributed by atoms with Crippen molar-refractivity contribution in [3.63, 3.8) is 0 Å². The van der Waals surface area contributed by atoms with Crippen LogP contribution < -0.4 is 9.80 Å². The zero-order valence-electron chi connectivity index (χ0n) is 17.8. The third-order valence-electron chi connectivity index (χ3n) is 6.71. The van der Waals surface area contributed by atoms with Crippen molar-refractivity contribution in [1.82, 2.24) is 9.80 Å². The van der Waals surface area contributed by atoms with E-state index in [-0.39, 0.29) is 17.7 Å². The molecule has 1 saturated heterocycles. The van der Waals surface area contributed by atoms with Crippen LogP contribution >= 0.6 is 0 Å². The Morgan fingerprint density at radius 3 is 2.52 bits per heavy atom. The van der Waals surface area contributed by atoms with E-state index in [1.807, 2.05) is 28.0 Å². The van der Waals surface area contributed by atoms with Gasteiger partial charge in [0, 0.05) is 45.2 Å². The van der Waals surface area contributed by atoms with Crippen LogP contribution in [0.2, 0.25) is 0 Å². The number of nitrogens with zero attached hydrogens (tertiary/aromatic N) is 4. The maximum Gasteiger partial charge on any atom is 0.232 e. The molecule has 0 bridgehead atoms. The molecule has 2 amide bonds. The van der Waals surface area contributed by atoms with E-state index in [0.29, 0.717) is 25.6 Å². The van der Waals surface area contributed by atoms with Crippen molar-refractivity contribution in [2.24, 2.45) is 5.92 Å². The first-order valence-electron chi connectivity index (χ1n) is 11.1. The Hall–Kier alpha value is -2.08. The van der Waals surface area contributed by atoms with Gasteiger partial charge in [0.1, 0.15) is 0 Å². The predicted octanol–water partition coefficient (Wildman–Crippen LogP) is 2.58. The van der Waals surface area contributed by atoms with Crippen LogP contribution in [0.15, 0.2) is 24.3 Å². The average molecular weight is 399 g/mol. The summed E-state index contributed by atoms with van der Waals surface area (Å²) in [6.45, 7) is 4.06. The quantitative estimate of drug-likeness (QED) is 0.765. The monoisotopic (exact) mass is 398 g/mol. The first-order chi connectivity index (χ1) is 14.0. The van der Waals surface area contributed by atoms with E-state index in [0.717, 1.165) is 43.9 Å². The Labute approximate surface area is 174 Å². The Morgan fingerprint density at radius 2 is 1.79 bits per heavy atom. The molecule has 0 spiro atoms. The number of rotatable bonds is 5. The second-order valence-electron chi connectivity index (χ2n) is 9.01. The highest BCUT2D eigenvalue weighted by Crippen LogP contribution is 2.35. The van der Waals surface area contributed by atoms with Crippen LogP contribution in [-0.2, 0) is 9.59 Å². The Kier molecular flexibility index (Phi) is 6.09. The average Bonchev–Trinajstić information content (AvgIpc) is 3.13. The number of hydrogen-bond acceptors (Lipinski definition) is 4. The van der Waals surface area contributed by atoms with E-state index in [2.05, 4.69) is 30.0 Å². The van der Waals surface area contributed by atoms with Crippen LogP contribution in [-0.4, -0.2) is 74.5 Å². The van der Waals surface area contributed by atoms with Crippen LogP contribution in [0.3, 0.4) is 0 Å². The number of amides is 2. The molecule has 1 aliphatic carbocycles. The number of benzene rings is 1. The molecule has 6 heteroatoms. The van der Waals surface area contributed by atoms with Gasteiger partial charge in [0.25, 0.3) is 0 Å². The van der Waals surface area contributed by atoms with E-state index >= 15 is 0 Å². The minimum absolute atomic E-state index is 0.122. The highest BCUT2D eigenvalue weighted by Gasteiger charge is 2.41. The van der Waals surface area contributed by atoms with Crippen molar-refractivity contribution < 1.29 is 9.59 Å². The maximum absolute atomic E-state index is 13.4. The number of carbonyl (C=O) groups excluding carboxylic acids is 2. The molecule has 3 aliphatic rings. The number of likely N-dealkylation sites (N-methyl/N-ethyl adjacent to an activating group) is 1. The van der Waals surface area contributed by atoms with Gasteiger partial charge in [0.2, 0.25) is 11.8 Å². The zero-order chi connectivity index (χ0) is 20.4. The number of para-hydroxylation sites is 2. The lowest BCUT2D eigenvalue weighted by Gasteiger charge is -2.39. The second-order valence-corrected chi connectivity index (χ2v) is 9.01.